The van der Waals surface area contributed by atoms with Crippen LogP contribution in [0.1, 0.15) is 19.3 Å². The molecule has 10 heteroatoms. The van der Waals surface area contributed by atoms with Crippen molar-refractivity contribution >= 4 is 27.3 Å². The molecule has 1 aromatic heterocycles. The van der Waals surface area contributed by atoms with Crippen molar-refractivity contribution in [2.24, 2.45) is 18.0 Å². The maximum absolute atomic E-state index is 13.1. The Bertz CT molecular complexity index is 1070. The molecule has 1 fully saturated rings. The highest BCUT2D eigenvalue weighted by Crippen LogP contribution is 2.33. The molecule has 1 amide bonds. The Hall–Kier alpha value is -2.17. The highest BCUT2D eigenvalue weighted by atomic mass is 32.2. The lowest BCUT2D eigenvalue weighted by molar-refractivity contribution is -0.122. The van der Waals surface area contributed by atoms with Crippen LogP contribution < -0.4 is 14.3 Å². The molecule has 0 atom stereocenters. The van der Waals surface area contributed by atoms with Gasteiger partial charge in [0.1, 0.15) is 0 Å². The monoisotopic (exact) mass is 437 g/mol. The quantitative estimate of drug-likeness (QED) is 0.730. The third kappa shape index (κ3) is 4.24. The van der Waals surface area contributed by atoms with E-state index in [1.807, 2.05) is 18.6 Å². The van der Waals surface area contributed by atoms with Crippen molar-refractivity contribution in [3.05, 3.63) is 34.6 Å². The van der Waals surface area contributed by atoms with E-state index < -0.39 is 10.0 Å². The molecule has 29 heavy (non-hydrogen) atoms. The predicted molar refractivity (Wildman–Crippen MR) is 107 cm³/mol. The van der Waals surface area contributed by atoms with E-state index in [0.717, 1.165) is 6.42 Å². The van der Waals surface area contributed by atoms with E-state index in [-0.39, 0.29) is 16.7 Å². The molecular weight excluding hydrogens is 414 g/mol. The number of ether oxygens (including phenoxy) is 2. The molecular formula is C19H23N3O5S2. The van der Waals surface area contributed by atoms with E-state index in [0.29, 0.717) is 55.4 Å². The van der Waals surface area contributed by atoms with Crippen molar-refractivity contribution in [3.8, 4) is 11.5 Å². The van der Waals surface area contributed by atoms with Gasteiger partial charge in [-0.15, -0.1) is 11.3 Å². The van der Waals surface area contributed by atoms with Gasteiger partial charge in [-0.25, -0.2) is 8.42 Å². The van der Waals surface area contributed by atoms with Gasteiger partial charge in [-0.1, -0.05) is 0 Å². The van der Waals surface area contributed by atoms with Crippen LogP contribution in [0.5, 0.6) is 11.5 Å². The van der Waals surface area contributed by atoms with E-state index >= 15 is 0 Å². The first-order chi connectivity index (χ1) is 13.9. The van der Waals surface area contributed by atoms with E-state index in [1.165, 1.54) is 21.7 Å². The zero-order chi connectivity index (χ0) is 20.4. The van der Waals surface area contributed by atoms with Crippen LogP contribution in [0.15, 0.2) is 39.7 Å². The molecule has 1 saturated heterocycles. The molecule has 2 aromatic rings. The Kier molecular flexibility index (Phi) is 5.75. The summed E-state index contributed by atoms with van der Waals surface area (Å²) >= 11 is 1.40. The topological polar surface area (TPSA) is 90.2 Å². The molecule has 0 bridgehead atoms. The minimum atomic E-state index is -3.66. The van der Waals surface area contributed by atoms with E-state index in [1.54, 1.807) is 16.7 Å². The van der Waals surface area contributed by atoms with Crippen molar-refractivity contribution in [1.29, 1.82) is 0 Å². The van der Waals surface area contributed by atoms with Gasteiger partial charge < -0.3 is 14.0 Å². The molecule has 1 aromatic carbocycles. The van der Waals surface area contributed by atoms with Crippen molar-refractivity contribution in [2.45, 2.75) is 24.2 Å². The fraction of sp³-hybridized carbons (Fsp3) is 0.474. The SMILES string of the molecule is Cn1ccsc1=NC(=O)C1CCN(S(=O)(=O)c2ccc3c(c2)OCCCO3)CC1. The van der Waals surface area contributed by atoms with Crippen LogP contribution in [0.2, 0.25) is 0 Å². The molecule has 0 N–H and O–H groups in total. The summed E-state index contributed by atoms with van der Waals surface area (Å²) < 4.78 is 40.5. The third-order valence-corrected chi connectivity index (χ3v) is 7.87. The van der Waals surface area contributed by atoms with E-state index in [9.17, 15) is 13.2 Å². The number of amides is 1. The fourth-order valence-electron chi connectivity index (χ4n) is 3.42. The number of thiazole rings is 1. The number of aromatic nitrogens is 1. The smallest absolute Gasteiger partial charge is 0.251 e. The first kappa shape index (κ1) is 20.1. The van der Waals surface area contributed by atoms with Crippen molar-refractivity contribution in [3.63, 3.8) is 0 Å². The number of benzene rings is 1. The molecule has 2 aliphatic rings. The molecule has 0 aliphatic carbocycles. The number of aryl methyl sites for hydroxylation is 1. The molecule has 0 radical (unpaired) electrons. The molecule has 0 saturated carbocycles. The van der Waals surface area contributed by atoms with Gasteiger partial charge >= 0.3 is 0 Å². The highest BCUT2D eigenvalue weighted by molar-refractivity contribution is 7.89. The zero-order valence-corrected chi connectivity index (χ0v) is 17.7. The zero-order valence-electron chi connectivity index (χ0n) is 16.1. The van der Waals surface area contributed by atoms with Crippen LogP contribution in [0.25, 0.3) is 0 Å². The third-order valence-electron chi connectivity index (χ3n) is 5.13. The van der Waals surface area contributed by atoms with Gasteiger partial charge in [0, 0.05) is 50.1 Å². The normalized spacial score (nSPS) is 19.1. The van der Waals surface area contributed by atoms with Gasteiger partial charge in [-0.3, -0.25) is 4.79 Å². The fourth-order valence-corrected chi connectivity index (χ4v) is 5.64. The molecule has 8 nitrogen and oxygen atoms in total. The predicted octanol–water partition coefficient (Wildman–Crippen LogP) is 1.78. The second kappa shape index (κ2) is 8.29. The second-order valence-corrected chi connectivity index (χ2v) is 9.89. The van der Waals surface area contributed by atoms with Crippen LogP contribution in [0.4, 0.5) is 0 Å². The van der Waals surface area contributed by atoms with Crippen LogP contribution in [-0.2, 0) is 21.9 Å². The van der Waals surface area contributed by atoms with Crippen molar-refractivity contribution in [2.75, 3.05) is 26.3 Å². The highest BCUT2D eigenvalue weighted by Gasteiger charge is 2.32. The molecule has 0 spiro atoms. The molecule has 156 valence electrons. The lowest BCUT2D eigenvalue weighted by Crippen LogP contribution is -2.40. The molecule has 0 unspecified atom stereocenters. The second-order valence-electron chi connectivity index (χ2n) is 7.08. The maximum atomic E-state index is 13.1. The number of hydrogen-bond donors (Lipinski definition) is 0. The maximum Gasteiger partial charge on any atom is 0.251 e. The minimum absolute atomic E-state index is 0.182. The Morgan fingerprint density at radius 1 is 1.17 bits per heavy atom. The van der Waals surface area contributed by atoms with Gasteiger partial charge in [-0.2, -0.15) is 9.30 Å². The number of nitrogens with zero attached hydrogens (tertiary/aromatic N) is 3. The number of carbonyl (C=O) groups excluding carboxylic acids is 1. The van der Waals surface area contributed by atoms with Crippen LogP contribution in [-0.4, -0.2) is 49.5 Å². The summed E-state index contributed by atoms with van der Waals surface area (Å²) in [7, 11) is -1.82. The Balaban J connectivity index is 1.46. The summed E-state index contributed by atoms with van der Waals surface area (Å²) in [5, 5.41) is 1.87. The van der Waals surface area contributed by atoms with E-state index in [2.05, 4.69) is 4.99 Å². The molecule has 2 aliphatic heterocycles. The standard InChI is InChI=1S/C19H23N3O5S2/c1-21-9-12-28-19(21)20-18(23)14-5-7-22(8-6-14)29(24,25)15-3-4-16-17(13-15)27-11-2-10-26-16/h3-4,9,12-14H,2,5-8,10-11H2,1H3. The summed E-state index contributed by atoms with van der Waals surface area (Å²) in [6, 6.07) is 4.72. The lowest BCUT2D eigenvalue weighted by atomic mass is 9.98. The van der Waals surface area contributed by atoms with Gasteiger partial charge in [0.2, 0.25) is 10.0 Å². The van der Waals surface area contributed by atoms with E-state index in [4.69, 9.17) is 9.47 Å². The minimum Gasteiger partial charge on any atom is -0.490 e. The molecule has 4 rings (SSSR count). The summed E-state index contributed by atoms with van der Waals surface area (Å²) in [6.07, 6.45) is 3.52. The van der Waals surface area contributed by atoms with Crippen molar-refractivity contribution in [1.82, 2.24) is 8.87 Å². The summed E-state index contributed by atoms with van der Waals surface area (Å²) in [6.45, 7) is 1.63. The number of carbonyl (C=O) groups is 1. The summed E-state index contributed by atoms with van der Waals surface area (Å²) in [4.78, 5) is 17.5. The average molecular weight is 438 g/mol. The summed E-state index contributed by atoms with van der Waals surface area (Å²) in [5.74, 6) is 0.577. The van der Waals surface area contributed by atoms with Crippen LogP contribution in [0, 0.1) is 5.92 Å². The summed E-state index contributed by atoms with van der Waals surface area (Å²) in [5.41, 5.74) is 0. The molecule has 3 heterocycles. The van der Waals surface area contributed by atoms with Crippen LogP contribution in [0.3, 0.4) is 0 Å². The number of fused-ring (bicyclic) bond motifs is 1. The number of hydrogen-bond acceptors (Lipinski definition) is 6. The Morgan fingerprint density at radius 2 is 1.90 bits per heavy atom. The Labute approximate surface area is 173 Å². The van der Waals surface area contributed by atoms with Gasteiger partial charge in [-0.05, 0) is 25.0 Å². The first-order valence-electron chi connectivity index (χ1n) is 9.53. The number of rotatable bonds is 3. The van der Waals surface area contributed by atoms with Crippen LogP contribution >= 0.6 is 11.3 Å². The van der Waals surface area contributed by atoms with Gasteiger partial charge in [0.05, 0.1) is 18.1 Å². The number of piperidine rings is 1. The average Bonchev–Trinajstić information content (AvgIpc) is 2.98. The first-order valence-corrected chi connectivity index (χ1v) is 11.9. The van der Waals surface area contributed by atoms with Gasteiger partial charge in [0.15, 0.2) is 16.3 Å². The van der Waals surface area contributed by atoms with Crippen molar-refractivity contribution < 1.29 is 22.7 Å². The number of sulfonamides is 1. The Morgan fingerprint density at radius 3 is 2.59 bits per heavy atom. The lowest BCUT2D eigenvalue weighted by Gasteiger charge is -2.29. The van der Waals surface area contributed by atoms with Gasteiger partial charge in [0.25, 0.3) is 5.91 Å². The largest absolute Gasteiger partial charge is 0.490 e.